The maximum atomic E-state index is 5.92. The first-order chi connectivity index (χ1) is 40.4. The van der Waals surface area contributed by atoms with Crippen molar-refractivity contribution in [1.82, 2.24) is 19.9 Å². The van der Waals surface area contributed by atoms with Crippen LogP contribution in [0.15, 0.2) is 158 Å². The predicted octanol–water partition coefficient (Wildman–Crippen LogP) is 19.8. The minimum absolute atomic E-state index is 0.000929. The highest BCUT2D eigenvalue weighted by Crippen LogP contribution is 2.43. The van der Waals surface area contributed by atoms with Gasteiger partial charge >= 0.3 is 0 Å². The molecule has 2 aliphatic heterocycles. The Morgan fingerprint density at radius 2 is 0.523 bits per heavy atom. The van der Waals surface area contributed by atoms with Crippen LogP contribution in [0.5, 0.6) is 0 Å². The fourth-order valence-electron chi connectivity index (χ4n) is 12.1. The van der Waals surface area contributed by atoms with Crippen molar-refractivity contribution >= 4 is 46.4 Å². The Hall–Kier alpha value is -8.22. The van der Waals surface area contributed by atoms with Gasteiger partial charge in [-0.1, -0.05) is 197 Å². The summed E-state index contributed by atoms with van der Waals surface area (Å²) in [5.41, 5.74) is 26.1. The molecule has 6 heteroatoms. The molecule has 0 unspecified atom stereocenters. The molecular weight excluding hydrogens is 1040 g/mol. The van der Waals surface area contributed by atoms with Crippen LogP contribution in [0.25, 0.3) is 90.9 Å². The number of aromatic amines is 2. The van der Waals surface area contributed by atoms with Crippen LogP contribution >= 0.6 is 0 Å². The Morgan fingerprint density at radius 1 is 0.279 bits per heavy atom. The van der Waals surface area contributed by atoms with Gasteiger partial charge in [-0.3, -0.25) is 0 Å². The molecule has 438 valence electrons. The van der Waals surface area contributed by atoms with Crippen molar-refractivity contribution in [3.8, 4) is 44.5 Å². The molecule has 8 bridgehead atoms. The van der Waals surface area contributed by atoms with Gasteiger partial charge in [-0.2, -0.15) is 0 Å². The normalized spacial score (nSPS) is 13.2. The number of fused-ring (bicyclic) bond motifs is 8. The molecule has 2 N–H and O–H groups in total. The second kappa shape index (κ2) is 21.9. The van der Waals surface area contributed by atoms with Gasteiger partial charge in [0.1, 0.15) is 0 Å². The van der Waals surface area contributed by atoms with Gasteiger partial charge in [0.15, 0.2) is 37.9 Å². The highest BCUT2D eigenvalue weighted by molar-refractivity contribution is 6.00. The summed E-state index contributed by atoms with van der Waals surface area (Å²) >= 11 is 0. The molecule has 9 aromatic rings. The minimum atomic E-state index is -0.147. The van der Waals surface area contributed by atoms with E-state index in [9.17, 15) is 0 Å². The van der Waals surface area contributed by atoms with E-state index < -0.39 is 0 Å². The van der Waals surface area contributed by atoms with Gasteiger partial charge in [-0.15, -0.1) is 0 Å². The van der Waals surface area contributed by atoms with Crippen LogP contribution in [0.4, 0.5) is 0 Å². The molecule has 4 aromatic carbocycles. The van der Waals surface area contributed by atoms with Crippen molar-refractivity contribution in [3.05, 3.63) is 226 Å². The number of pyridine rings is 2. The molecule has 0 spiro atoms. The van der Waals surface area contributed by atoms with Crippen LogP contribution in [-0.4, -0.2) is 19.9 Å². The summed E-state index contributed by atoms with van der Waals surface area (Å²) in [6.45, 7) is 42.5. The van der Waals surface area contributed by atoms with E-state index in [0.717, 1.165) is 89.4 Å². The number of H-pyrrole nitrogens is 2. The standard InChI is InChI=1S/C80H90N6/c1-75(2,3)56-25-19-51(20-26-56)71-62-31-33-64(81-62)72(52-21-27-57(28-22-52)76(4,5)6)66-35-37-68(83-66)74(69-38-36-67(84-69)73(65-34-32-63(71)82-65)53-23-29-58(30-24-53)77(7,8)9)70-54(49-85-43-39-59(40-44-85)78(10,11)12)47-61(80(16,17)18)48-55(70)50-86-45-41-60(42-46-86)79(13,14)15/h19-48,81,84H,49-50H2,1-18H3/q+2. The molecule has 0 fully saturated rings. The average molecular weight is 1140 g/mol. The van der Waals surface area contributed by atoms with Crippen LogP contribution in [0.1, 0.15) is 192 Å². The summed E-state index contributed by atoms with van der Waals surface area (Å²) in [5, 5.41) is 0. The Labute approximate surface area is 512 Å². The number of hydrogen-bond acceptors (Lipinski definition) is 2. The predicted molar refractivity (Wildman–Crippen MR) is 364 cm³/mol. The topological polar surface area (TPSA) is 65.1 Å². The number of benzene rings is 4. The number of rotatable bonds is 8. The van der Waals surface area contributed by atoms with E-state index in [1.807, 2.05) is 0 Å². The maximum Gasteiger partial charge on any atom is 0.174 e. The van der Waals surface area contributed by atoms with Crippen molar-refractivity contribution in [1.29, 1.82) is 0 Å². The van der Waals surface area contributed by atoms with E-state index in [-0.39, 0.29) is 32.5 Å². The van der Waals surface area contributed by atoms with E-state index in [1.54, 1.807) is 0 Å². The highest BCUT2D eigenvalue weighted by atomic mass is 14.9. The van der Waals surface area contributed by atoms with Crippen molar-refractivity contribution < 1.29 is 9.13 Å². The number of nitrogens with zero attached hydrogens (tertiary/aromatic N) is 4. The van der Waals surface area contributed by atoms with Crippen LogP contribution in [0.3, 0.4) is 0 Å². The Morgan fingerprint density at radius 3 is 0.791 bits per heavy atom. The monoisotopic (exact) mass is 1130 g/mol. The molecule has 7 heterocycles. The minimum Gasteiger partial charge on any atom is -0.354 e. The molecule has 5 aromatic heterocycles. The van der Waals surface area contributed by atoms with Gasteiger partial charge in [0.25, 0.3) is 0 Å². The summed E-state index contributed by atoms with van der Waals surface area (Å²) in [6, 6.07) is 50.5. The molecule has 0 saturated heterocycles. The summed E-state index contributed by atoms with van der Waals surface area (Å²) < 4.78 is 4.70. The van der Waals surface area contributed by atoms with E-state index in [1.165, 1.54) is 44.5 Å². The lowest BCUT2D eigenvalue weighted by Crippen LogP contribution is -2.36. The van der Waals surface area contributed by atoms with Crippen molar-refractivity contribution in [2.45, 2.75) is 170 Å². The number of hydrogen-bond donors (Lipinski definition) is 2. The fraction of sp³-hybridized carbons (Fsp3) is 0.325. The van der Waals surface area contributed by atoms with Gasteiger partial charge < -0.3 is 9.97 Å². The summed E-state index contributed by atoms with van der Waals surface area (Å²) in [5.74, 6) is 0. The van der Waals surface area contributed by atoms with Gasteiger partial charge in [0.05, 0.1) is 22.8 Å². The van der Waals surface area contributed by atoms with Crippen LogP contribution < -0.4 is 9.13 Å². The third-order valence-corrected chi connectivity index (χ3v) is 17.5. The first-order valence-electron chi connectivity index (χ1n) is 31.0. The molecule has 0 amide bonds. The fourth-order valence-corrected chi connectivity index (χ4v) is 12.1. The first-order valence-corrected chi connectivity index (χ1v) is 31.0. The SMILES string of the molecule is CC(C)(C)c1ccc(-c2c3nc(c(-c4ccc(C(C)(C)C)cc4)c4ccc([nH]4)c(-c4c(C[n+]5ccc(C(C)(C)C)cc5)cc(C(C)(C)C)cc4C[n+]4ccc(C(C)(C)C)cc4)c4nc(c(-c5ccc(C(C)(C)C)cc5)c5ccc2[nH]5)C=C4)C=C3)cc1. The van der Waals surface area contributed by atoms with Crippen LogP contribution in [0.2, 0.25) is 0 Å². The maximum absolute atomic E-state index is 5.92. The van der Waals surface area contributed by atoms with Gasteiger partial charge in [0, 0.05) is 85.3 Å². The number of nitrogens with one attached hydrogen (secondary N) is 2. The molecule has 0 aliphatic carbocycles. The zero-order valence-electron chi connectivity index (χ0n) is 54.5. The quantitative estimate of drug-likeness (QED) is 0.149. The molecule has 0 radical (unpaired) electrons. The second-order valence-electron chi connectivity index (χ2n) is 30.4. The molecular formula is C80H90N6+2. The zero-order chi connectivity index (χ0) is 61.5. The highest BCUT2D eigenvalue weighted by Gasteiger charge is 2.29. The van der Waals surface area contributed by atoms with E-state index in [4.69, 9.17) is 9.97 Å². The third-order valence-electron chi connectivity index (χ3n) is 17.5. The number of aromatic nitrogens is 6. The van der Waals surface area contributed by atoms with Crippen molar-refractivity contribution in [2.24, 2.45) is 0 Å². The molecule has 86 heavy (non-hydrogen) atoms. The largest absolute Gasteiger partial charge is 0.354 e. The lowest BCUT2D eigenvalue weighted by Gasteiger charge is -2.24. The summed E-state index contributed by atoms with van der Waals surface area (Å²) in [4.78, 5) is 19.8. The van der Waals surface area contributed by atoms with Gasteiger partial charge in [-0.05, 0) is 143 Å². The smallest absolute Gasteiger partial charge is 0.174 e. The Balaban J connectivity index is 1.30. The first kappa shape index (κ1) is 59.5. The van der Waals surface area contributed by atoms with Crippen LogP contribution in [-0.2, 0) is 45.6 Å². The van der Waals surface area contributed by atoms with E-state index in [0.29, 0.717) is 13.1 Å². The van der Waals surface area contributed by atoms with E-state index >= 15 is 0 Å². The van der Waals surface area contributed by atoms with Crippen molar-refractivity contribution in [3.63, 3.8) is 0 Å². The molecule has 6 nitrogen and oxygen atoms in total. The van der Waals surface area contributed by atoms with Gasteiger partial charge in [-0.25, -0.2) is 19.1 Å². The molecule has 0 atom stereocenters. The molecule has 0 saturated carbocycles. The second-order valence-corrected chi connectivity index (χ2v) is 30.4. The Bertz CT molecular complexity index is 4120. The van der Waals surface area contributed by atoms with Crippen LogP contribution in [0, 0.1) is 0 Å². The van der Waals surface area contributed by atoms with Crippen molar-refractivity contribution in [2.75, 3.05) is 0 Å². The lowest BCUT2D eigenvalue weighted by molar-refractivity contribution is -0.689. The van der Waals surface area contributed by atoms with Gasteiger partial charge in [0.2, 0.25) is 0 Å². The zero-order valence-corrected chi connectivity index (χ0v) is 54.5. The molecule has 11 rings (SSSR count). The molecule has 2 aliphatic rings. The van der Waals surface area contributed by atoms with E-state index in [2.05, 4.69) is 326 Å². The summed E-state index contributed by atoms with van der Waals surface area (Å²) in [6.07, 6.45) is 18.0. The summed E-state index contributed by atoms with van der Waals surface area (Å²) in [7, 11) is 0. The Kier molecular flexibility index (Phi) is 15.2. The third kappa shape index (κ3) is 12.3. The average Bonchev–Trinajstić information content (AvgIpc) is 1.53. The lowest BCUT2D eigenvalue weighted by atomic mass is 9.81.